The van der Waals surface area contributed by atoms with E-state index in [0.29, 0.717) is 0 Å². The van der Waals surface area contributed by atoms with E-state index in [1.807, 2.05) is 35.7 Å². The van der Waals surface area contributed by atoms with Gasteiger partial charge in [-0.3, -0.25) is 0 Å². The van der Waals surface area contributed by atoms with Crippen LogP contribution in [0.25, 0.3) is 11.3 Å². The summed E-state index contributed by atoms with van der Waals surface area (Å²) in [4.78, 5) is 3.80. The van der Waals surface area contributed by atoms with Gasteiger partial charge in [0.15, 0.2) is 4.84 Å². The van der Waals surface area contributed by atoms with E-state index in [9.17, 15) is 0 Å². The molecule has 2 aromatic rings. The maximum Gasteiger partial charge on any atom is 0.159 e. The smallest absolute Gasteiger partial charge is 0.159 e. The molecule has 0 aliphatic rings. The standard InChI is InChI=1S/C10H7Cl2NS/c11-9(12)10-13-8(6-14-10)7-4-2-1-3-5-7/h1-6,9H. The minimum absolute atomic E-state index is 0.530. The number of thiazole rings is 1. The van der Waals surface area contributed by atoms with E-state index in [-0.39, 0.29) is 0 Å². The Morgan fingerprint density at radius 1 is 1.14 bits per heavy atom. The Balaban J connectivity index is 2.34. The molecule has 0 bridgehead atoms. The number of nitrogens with zero attached hydrogens (tertiary/aromatic N) is 1. The van der Waals surface area contributed by atoms with Gasteiger partial charge in [-0.05, 0) is 0 Å². The molecule has 0 radical (unpaired) electrons. The van der Waals surface area contributed by atoms with Gasteiger partial charge in [0, 0.05) is 10.9 Å². The molecule has 0 unspecified atom stereocenters. The summed E-state index contributed by atoms with van der Waals surface area (Å²) in [6, 6.07) is 9.95. The predicted molar refractivity (Wildman–Crippen MR) is 62.0 cm³/mol. The second-order valence-electron chi connectivity index (χ2n) is 2.74. The van der Waals surface area contributed by atoms with Crippen LogP contribution < -0.4 is 0 Å². The Hall–Kier alpha value is -0.570. The Kier molecular flexibility index (Phi) is 3.06. The number of alkyl halides is 2. The molecule has 4 heteroatoms. The van der Waals surface area contributed by atoms with Gasteiger partial charge in [0.2, 0.25) is 0 Å². The molecule has 0 saturated carbocycles. The van der Waals surface area contributed by atoms with Crippen LogP contribution in [0.4, 0.5) is 0 Å². The van der Waals surface area contributed by atoms with E-state index < -0.39 is 4.84 Å². The molecule has 0 amide bonds. The molecule has 0 N–H and O–H groups in total. The van der Waals surface area contributed by atoms with Crippen molar-refractivity contribution < 1.29 is 0 Å². The van der Waals surface area contributed by atoms with E-state index in [1.165, 1.54) is 11.3 Å². The number of halogens is 2. The average Bonchev–Trinajstić information content (AvgIpc) is 2.68. The molecule has 0 saturated heterocycles. The molecule has 1 nitrogen and oxygen atoms in total. The quantitative estimate of drug-likeness (QED) is 0.718. The van der Waals surface area contributed by atoms with Crippen molar-refractivity contribution in [3.63, 3.8) is 0 Å². The van der Waals surface area contributed by atoms with Crippen molar-refractivity contribution in [1.29, 1.82) is 0 Å². The Labute approximate surface area is 96.3 Å². The van der Waals surface area contributed by atoms with Crippen LogP contribution in [0.5, 0.6) is 0 Å². The molecule has 1 aromatic carbocycles. The van der Waals surface area contributed by atoms with Gasteiger partial charge in [-0.25, -0.2) is 4.98 Å². The molecular weight excluding hydrogens is 237 g/mol. The third-order valence-corrected chi connectivity index (χ3v) is 3.36. The second kappa shape index (κ2) is 4.30. The van der Waals surface area contributed by atoms with Crippen LogP contribution in [0.15, 0.2) is 35.7 Å². The fraction of sp³-hybridized carbons (Fsp3) is 0.100. The van der Waals surface area contributed by atoms with Gasteiger partial charge < -0.3 is 0 Å². The van der Waals surface area contributed by atoms with Gasteiger partial charge in [-0.2, -0.15) is 0 Å². The number of rotatable bonds is 2. The van der Waals surface area contributed by atoms with Gasteiger partial charge in [-0.15, -0.1) is 11.3 Å². The highest BCUT2D eigenvalue weighted by Gasteiger charge is 2.09. The molecular formula is C10H7Cl2NS. The van der Waals surface area contributed by atoms with Gasteiger partial charge >= 0.3 is 0 Å². The molecule has 72 valence electrons. The lowest BCUT2D eigenvalue weighted by atomic mass is 10.2. The third-order valence-electron chi connectivity index (χ3n) is 1.78. The lowest BCUT2D eigenvalue weighted by molar-refractivity contribution is 1.23. The van der Waals surface area contributed by atoms with Crippen molar-refractivity contribution >= 4 is 34.5 Å². The van der Waals surface area contributed by atoms with Crippen LogP contribution in [0.2, 0.25) is 0 Å². The SMILES string of the molecule is ClC(Cl)c1nc(-c2ccccc2)cs1. The summed E-state index contributed by atoms with van der Waals surface area (Å²) in [5.74, 6) is 0. The zero-order chi connectivity index (χ0) is 9.97. The monoisotopic (exact) mass is 243 g/mol. The number of benzene rings is 1. The van der Waals surface area contributed by atoms with Crippen molar-refractivity contribution in [1.82, 2.24) is 4.98 Å². The van der Waals surface area contributed by atoms with E-state index in [0.717, 1.165) is 16.3 Å². The Morgan fingerprint density at radius 2 is 1.86 bits per heavy atom. The second-order valence-corrected chi connectivity index (χ2v) is 4.72. The highest BCUT2D eigenvalue weighted by Crippen LogP contribution is 2.30. The van der Waals surface area contributed by atoms with Crippen molar-refractivity contribution in [2.45, 2.75) is 4.84 Å². The molecule has 0 atom stereocenters. The summed E-state index contributed by atoms with van der Waals surface area (Å²) < 4.78 is 0. The molecule has 1 heterocycles. The number of aromatic nitrogens is 1. The van der Waals surface area contributed by atoms with Crippen molar-refractivity contribution in [3.05, 3.63) is 40.7 Å². The fourth-order valence-corrected chi connectivity index (χ4v) is 2.21. The fourth-order valence-electron chi connectivity index (χ4n) is 1.13. The topological polar surface area (TPSA) is 12.9 Å². The van der Waals surface area contributed by atoms with E-state index in [2.05, 4.69) is 4.98 Å². The minimum Gasteiger partial charge on any atom is -0.238 e. The van der Waals surface area contributed by atoms with Crippen LogP contribution >= 0.6 is 34.5 Å². The molecule has 0 aliphatic carbocycles. The van der Waals surface area contributed by atoms with E-state index in [1.54, 1.807) is 0 Å². The van der Waals surface area contributed by atoms with Crippen LogP contribution in [-0.2, 0) is 0 Å². The van der Waals surface area contributed by atoms with Crippen LogP contribution in [0, 0.1) is 0 Å². The van der Waals surface area contributed by atoms with Gasteiger partial charge in [-0.1, -0.05) is 53.5 Å². The first kappa shape index (κ1) is 9.97. The molecule has 0 aliphatic heterocycles. The zero-order valence-electron chi connectivity index (χ0n) is 7.15. The lowest BCUT2D eigenvalue weighted by Gasteiger charge is -1.95. The Bertz CT molecular complexity index is 411. The summed E-state index contributed by atoms with van der Waals surface area (Å²) >= 11 is 12.9. The first-order valence-electron chi connectivity index (χ1n) is 4.06. The lowest BCUT2D eigenvalue weighted by Crippen LogP contribution is -1.80. The average molecular weight is 244 g/mol. The number of hydrogen-bond donors (Lipinski definition) is 0. The van der Waals surface area contributed by atoms with E-state index in [4.69, 9.17) is 23.2 Å². The molecule has 14 heavy (non-hydrogen) atoms. The zero-order valence-corrected chi connectivity index (χ0v) is 9.48. The normalized spacial score (nSPS) is 10.8. The highest BCUT2D eigenvalue weighted by atomic mass is 35.5. The summed E-state index contributed by atoms with van der Waals surface area (Å²) in [5, 5.41) is 2.70. The van der Waals surface area contributed by atoms with Gasteiger partial charge in [0.05, 0.1) is 5.69 Å². The maximum absolute atomic E-state index is 5.72. The maximum atomic E-state index is 5.72. The first-order valence-corrected chi connectivity index (χ1v) is 5.81. The van der Waals surface area contributed by atoms with Crippen LogP contribution in [-0.4, -0.2) is 4.98 Å². The summed E-state index contributed by atoms with van der Waals surface area (Å²) in [6.07, 6.45) is 0. The summed E-state index contributed by atoms with van der Waals surface area (Å²) in [6.45, 7) is 0. The van der Waals surface area contributed by atoms with Gasteiger partial charge in [0.1, 0.15) is 5.01 Å². The van der Waals surface area contributed by atoms with Crippen LogP contribution in [0.1, 0.15) is 9.84 Å². The molecule has 2 rings (SSSR count). The largest absolute Gasteiger partial charge is 0.238 e. The minimum atomic E-state index is -0.530. The van der Waals surface area contributed by atoms with Crippen molar-refractivity contribution in [2.24, 2.45) is 0 Å². The Morgan fingerprint density at radius 3 is 2.43 bits per heavy atom. The van der Waals surface area contributed by atoms with Crippen molar-refractivity contribution in [2.75, 3.05) is 0 Å². The molecule has 0 spiro atoms. The molecule has 0 fully saturated rings. The first-order chi connectivity index (χ1) is 6.77. The summed E-state index contributed by atoms with van der Waals surface area (Å²) in [5.41, 5.74) is 2.01. The highest BCUT2D eigenvalue weighted by molar-refractivity contribution is 7.10. The van der Waals surface area contributed by atoms with E-state index >= 15 is 0 Å². The summed E-state index contributed by atoms with van der Waals surface area (Å²) in [7, 11) is 0. The van der Waals surface area contributed by atoms with Gasteiger partial charge in [0.25, 0.3) is 0 Å². The van der Waals surface area contributed by atoms with Crippen molar-refractivity contribution in [3.8, 4) is 11.3 Å². The third kappa shape index (κ3) is 2.08. The van der Waals surface area contributed by atoms with Crippen LogP contribution in [0.3, 0.4) is 0 Å². The molecule has 1 aromatic heterocycles. The predicted octanol–water partition coefficient (Wildman–Crippen LogP) is 4.29. The number of hydrogen-bond acceptors (Lipinski definition) is 2.